The number of aromatic amines is 1. The summed E-state index contributed by atoms with van der Waals surface area (Å²) in [5.41, 5.74) is 3.79. The zero-order chi connectivity index (χ0) is 18.0. The van der Waals surface area contributed by atoms with Crippen LogP contribution in [0.5, 0.6) is 0 Å². The number of nitrogens with one attached hydrogen (secondary N) is 2. The van der Waals surface area contributed by atoms with E-state index < -0.39 is 0 Å². The quantitative estimate of drug-likeness (QED) is 0.770. The number of anilines is 1. The minimum Gasteiger partial charge on any atom is -0.378 e. The molecule has 128 valence electrons. The van der Waals surface area contributed by atoms with E-state index in [1.54, 1.807) is 6.07 Å². The minimum absolute atomic E-state index is 0.182. The molecule has 1 heterocycles. The molecule has 0 aliphatic rings. The van der Waals surface area contributed by atoms with Crippen LogP contribution in [-0.2, 0) is 6.54 Å². The monoisotopic (exact) mass is 335 g/mol. The van der Waals surface area contributed by atoms with Gasteiger partial charge in [0.05, 0.1) is 0 Å². The van der Waals surface area contributed by atoms with Gasteiger partial charge in [-0.2, -0.15) is 0 Å². The van der Waals surface area contributed by atoms with Crippen LogP contribution < -0.4 is 15.8 Å². The molecule has 0 saturated heterocycles. The third-order valence-electron chi connectivity index (χ3n) is 4.14. The highest BCUT2D eigenvalue weighted by molar-refractivity contribution is 5.95. The highest BCUT2D eigenvalue weighted by Crippen LogP contribution is 2.15. The van der Waals surface area contributed by atoms with Crippen molar-refractivity contribution in [3.05, 3.63) is 75.6 Å². The van der Waals surface area contributed by atoms with E-state index in [2.05, 4.69) is 10.3 Å². The average molecular weight is 335 g/mol. The lowest BCUT2D eigenvalue weighted by Gasteiger charge is -2.13. The van der Waals surface area contributed by atoms with Gasteiger partial charge in [-0.15, -0.1) is 0 Å². The maximum absolute atomic E-state index is 12.4. The number of H-pyrrole nitrogens is 1. The average Bonchev–Trinajstić information content (AvgIpc) is 2.60. The van der Waals surface area contributed by atoms with E-state index in [0.717, 1.165) is 22.2 Å². The first-order valence-electron chi connectivity index (χ1n) is 8.12. The summed E-state index contributed by atoms with van der Waals surface area (Å²) in [6.07, 6.45) is 0. The fourth-order valence-electron chi connectivity index (χ4n) is 2.71. The second-order valence-electron chi connectivity index (χ2n) is 6.34. The molecular formula is C20H21N3O2. The van der Waals surface area contributed by atoms with Crippen LogP contribution in [0.25, 0.3) is 10.9 Å². The Balaban J connectivity index is 1.80. The molecule has 0 fully saturated rings. The van der Waals surface area contributed by atoms with E-state index in [0.29, 0.717) is 11.1 Å². The van der Waals surface area contributed by atoms with E-state index in [-0.39, 0.29) is 18.0 Å². The summed E-state index contributed by atoms with van der Waals surface area (Å²) < 4.78 is 0. The number of aromatic nitrogens is 1. The lowest BCUT2D eigenvalue weighted by molar-refractivity contribution is 0.0951. The molecule has 1 aromatic heterocycles. The Morgan fingerprint density at radius 2 is 1.92 bits per heavy atom. The molecule has 3 rings (SSSR count). The molecule has 0 atom stereocenters. The summed E-state index contributed by atoms with van der Waals surface area (Å²) >= 11 is 0. The Kier molecular flexibility index (Phi) is 4.57. The lowest BCUT2D eigenvalue weighted by Crippen LogP contribution is -2.27. The van der Waals surface area contributed by atoms with Crippen molar-refractivity contribution in [3.8, 4) is 0 Å². The number of amides is 1. The number of nitrogens with zero attached hydrogens (tertiary/aromatic N) is 1. The van der Waals surface area contributed by atoms with E-state index in [1.807, 2.05) is 68.4 Å². The predicted octanol–water partition coefficient (Wildman–Crippen LogP) is 2.83. The molecular weight excluding hydrogens is 314 g/mol. The Morgan fingerprint density at radius 1 is 1.12 bits per heavy atom. The SMILES string of the molecule is Cc1ccc2[nH]c(=O)c(CNC(=O)c3cccc(N(C)C)c3)cc2c1. The van der Waals surface area contributed by atoms with Crippen LogP contribution >= 0.6 is 0 Å². The van der Waals surface area contributed by atoms with Crippen LogP contribution in [-0.4, -0.2) is 25.0 Å². The summed E-state index contributed by atoms with van der Waals surface area (Å²) in [6.45, 7) is 2.19. The Hall–Kier alpha value is -3.08. The normalized spacial score (nSPS) is 10.7. The number of pyridine rings is 1. The summed E-state index contributed by atoms with van der Waals surface area (Å²) in [6, 6.07) is 15.1. The van der Waals surface area contributed by atoms with Crippen molar-refractivity contribution >= 4 is 22.5 Å². The number of benzene rings is 2. The number of carbonyl (C=O) groups is 1. The van der Waals surface area contributed by atoms with Gasteiger partial charge in [0, 0.05) is 43.0 Å². The topological polar surface area (TPSA) is 65.2 Å². The number of hydrogen-bond acceptors (Lipinski definition) is 3. The van der Waals surface area contributed by atoms with Gasteiger partial charge in [0.2, 0.25) is 0 Å². The van der Waals surface area contributed by atoms with E-state index >= 15 is 0 Å². The highest BCUT2D eigenvalue weighted by atomic mass is 16.1. The van der Waals surface area contributed by atoms with Crippen molar-refractivity contribution in [2.75, 3.05) is 19.0 Å². The Morgan fingerprint density at radius 3 is 2.68 bits per heavy atom. The standard InChI is InChI=1S/C20H21N3O2/c1-13-7-8-18-15(9-13)10-16(20(25)22-18)12-21-19(24)14-5-4-6-17(11-14)23(2)3/h4-11H,12H2,1-3H3,(H,21,24)(H,22,25). The molecule has 25 heavy (non-hydrogen) atoms. The summed E-state index contributed by atoms with van der Waals surface area (Å²) in [7, 11) is 3.85. The first-order chi connectivity index (χ1) is 11.9. The van der Waals surface area contributed by atoms with Crippen molar-refractivity contribution in [1.82, 2.24) is 10.3 Å². The fourth-order valence-corrected chi connectivity index (χ4v) is 2.71. The van der Waals surface area contributed by atoms with Gasteiger partial charge >= 0.3 is 0 Å². The first-order valence-corrected chi connectivity index (χ1v) is 8.12. The molecule has 2 N–H and O–H groups in total. The van der Waals surface area contributed by atoms with Crippen molar-refractivity contribution in [1.29, 1.82) is 0 Å². The molecule has 0 spiro atoms. The minimum atomic E-state index is -0.201. The smallest absolute Gasteiger partial charge is 0.253 e. The van der Waals surface area contributed by atoms with Gasteiger partial charge in [-0.3, -0.25) is 9.59 Å². The van der Waals surface area contributed by atoms with Crippen LogP contribution in [0.2, 0.25) is 0 Å². The molecule has 5 heteroatoms. The first kappa shape index (κ1) is 16.8. The highest BCUT2D eigenvalue weighted by Gasteiger charge is 2.09. The van der Waals surface area contributed by atoms with Gasteiger partial charge < -0.3 is 15.2 Å². The van der Waals surface area contributed by atoms with Gasteiger partial charge in [-0.1, -0.05) is 17.7 Å². The van der Waals surface area contributed by atoms with Gasteiger partial charge in [0.15, 0.2) is 0 Å². The van der Waals surface area contributed by atoms with Crippen LogP contribution in [0.1, 0.15) is 21.5 Å². The number of fused-ring (bicyclic) bond motifs is 1. The van der Waals surface area contributed by atoms with Crippen LogP contribution in [0.3, 0.4) is 0 Å². The maximum Gasteiger partial charge on any atom is 0.253 e. The zero-order valence-electron chi connectivity index (χ0n) is 14.6. The summed E-state index contributed by atoms with van der Waals surface area (Å²) in [5, 5.41) is 3.78. The molecule has 0 unspecified atom stereocenters. The van der Waals surface area contributed by atoms with E-state index in [1.165, 1.54) is 0 Å². The maximum atomic E-state index is 12.4. The Labute approximate surface area is 146 Å². The van der Waals surface area contributed by atoms with Crippen molar-refractivity contribution < 1.29 is 4.79 Å². The third kappa shape index (κ3) is 3.71. The van der Waals surface area contributed by atoms with Crippen molar-refractivity contribution in [2.45, 2.75) is 13.5 Å². The number of aryl methyl sites for hydroxylation is 1. The molecule has 0 saturated carbocycles. The largest absolute Gasteiger partial charge is 0.378 e. The predicted molar refractivity (Wildman–Crippen MR) is 101 cm³/mol. The van der Waals surface area contributed by atoms with Crippen LogP contribution in [0.4, 0.5) is 5.69 Å². The van der Waals surface area contributed by atoms with Gasteiger partial charge in [-0.25, -0.2) is 0 Å². The van der Waals surface area contributed by atoms with Crippen LogP contribution in [0, 0.1) is 6.92 Å². The summed E-state index contributed by atoms with van der Waals surface area (Å²) in [5.74, 6) is -0.201. The molecule has 0 bridgehead atoms. The molecule has 1 amide bonds. The molecule has 3 aromatic rings. The lowest BCUT2D eigenvalue weighted by atomic mass is 10.1. The van der Waals surface area contributed by atoms with Gasteiger partial charge in [-0.05, 0) is 48.7 Å². The number of carbonyl (C=O) groups excluding carboxylic acids is 1. The second-order valence-corrected chi connectivity index (χ2v) is 6.34. The summed E-state index contributed by atoms with van der Waals surface area (Å²) in [4.78, 5) is 29.4. The molecule has 5 nitrogen and oxygen atoms in total. The van der Waals surface area contributed by atoms with Gasteiger partial charge in [0.1, 0.15) is 0 Å². The van der Waals surface area contributed by atoms with Crippen molar-refractivity contribution in [2.24, 2.45) is 0 Å². The van der Waals surface area contributed by atoms with E-state index in [4.69, 9.17) is 0 Å². The van der Waals surface area contributed by atoms with E-state index in [9.17, 15) is 9.59 Å². The Bertz CT molecular complexity index is 990. The second kappa shape index (κ2) is 6.81. The fraction of sp³-hybridized carbons (Fsp3) is 0.200. The van der Waals surface area contributed by atoms with Crippen LogP contribution in [0.15, 0.2) is 53.3 Å². The molecule has 2 aromatic carbocycles. The van der Waals surface area contributed by atoms with Gasteiger partial charge in [0.25, 0.3) is 11.5 Å². The zero-order valence-corrected chi connectivity index (χ0v) is 14.6. The molecule has 0 radical (unpaired) electrons. The molecule has 0 aliphatic carbocycles. The third-order valence-corrected chi connectivity index (χ3v) is 4.14. The van der Waals surface area contributed by atoms with Crippen molar-refractivity contribution in [3.63, 3.8) is 0 Å². The number of hydrogen-bond donors (Lipinski definition) is 2. The molecule has 0 aliphatic heterocycles. The number of rotatable bonds is 4.